The third-order valence-electron chi connectivity index (χ3n) is 4.06. The van der Waals surface area contributed by atoms with E-state index in [-0.39, 0.29) is 5.91 Å². The largest absolute Gasteiger partial charge is 0.497 e. The van der Waals surface area contributed by atoms with E-state index < -0.39 is 6.04 Å². The molecule has 0 saturated heterocycles. The fourth-order valence-corrected chi connectivity index (χ4v) is 2.89. The van der Waals surface area contributed by atoms with Gasteiger partial charge in [0.05, 0.1) is 13.2 Å². The smallest absolute Gasteiger partial charge is 0.244 e. The number of rotatable bonds is 4. The predicted octanol–water partition coefficient (Wildman–Crippen LogP) is 2.15. The molecule has 0 bridgehead atoms. The van der Waals surface area contributed by atoms with Crippen molar-refractivity contribution in [1.82, 2.24) is 0 Å². The van der Waals surface area contributed by atoms with Gasteiger partial charge in [0, 0.05) is 12.2 Å². The molecule has 22 heavy (non-hydrogen) atoms. The Bertz CT molecular complexity index is 670. The number of fused-ring (bicyclic) bond motifs is 1. The number of methoxy groups -OCH3 is 1. The van der Waals surface area contributed by atoms with Crippen LogP contribution in [0.2, 0.25) is 0 Å². The summed E-state index contributed by atoms with van der Waals surface area (Å²) < 4.78 is 5.23. The number of carbonyl (C=O) groups excluding carboxylic acids is 1. The van der Waals surface area contributed by atoms with Crippen LogP contribution >= 0.6 is 0 Å². The molecule has 2 N–H and O–H groups in total. The second-order valence-corrected chi connectivity index (χ2v) is 5.53. The van der Waals surface area contributed by atoms with Crippen molar-refractivity contribution in [2.24, 2.45) is 5.73 Å². The lowest BCUT2D eigenvalue weighted by molar-refractivity contribution is -0.119. The number of ether oxygens (including phenoxy) is 1. The second kappa shape index (κ2) is 6.20. The maximum Gasteiger partial charge on any atom is 0.244 e. The normalized spacial score (nSPS) is 14.5. The number of hydrogen-bond donors (Lipinski definition) is 1. The van der Waals surface area contributed by atoms with Crippen LogP contribution in [0.15, 0.2) is 48.5 Å². The SMILES string of the molecule is COc1ccc2c(c1)CCN2C(=O)[C@@H](N)Cc1ccccc1. The fraction of sp³-hybridized carbons (Fsp3) is 0.278. The summed E-state index contributed by atoms with van der Waals surface area (Å²) in [5.41, 5.74) is 9.30. The molecule has 2 aromatic rings. The molecule has 0 aliphatic carbocycles. The summed E-state index contributed by atoms with van der Waals surface area (Å²) in [6.07, 6.45) is 1.40. The molecule has 1 aliphatic rings. The average Bonchev–Trinajstić information content (AvgIpc) is 2.97. The number of carbonyl (C=O) groups is 1. The minimum absolute atomic E-state index is 0.0206. The first-order chi connectivity index (χ1) is 10.7. The summed E-state index contributed by atoms with van der Waals surface area (Å²) in [6.45, 7) is 0.684. The first-order valence-electron chi connectivity index (χ1n) is 7.47. The average molecular weight is 296 g/mol. The van der Waals surface area contributed by atoms with Gasteiger partial charge in [0.2, 0.25) is 5.91 Å². The van der Waals surface area contributed by atoms with Crippen molar-refractivity contribution in [2.45, 2.75) is 18.9 Å². The van der Waals surface area contributed by atoms with E-state index in [4.69, 9.17) is 10.5 Å². The Kier molecular flexibility index (Phi) is 4.11. The van der Waals surface area contributed by atoms with Crippen LogP contribution in [0.25, 0.3) is 0 Å². The molecule has 114 valence electrons. The van der Waals surface area contributed by atoms with Gasteiger partial charge in [0.15, 0.2) is 0 Å². The van der Waals surface area contributed by atoms with Crippen LogP contribution in [0, 0.1) is 0 Å². The van der Waals surface area contributed by atoms with Gasteiger partial charge < -0.3 is 15.4 Å². The molecule has 0 unspecified atom stereocenters. The third kappa shape index (κ3) is 2.83. The van der Waals surface area contributed by atoms with Crippen LogP contribution in [0.3, 0.4) is 0 Å². The maximum atomic E-state index is 12.6. The molecule has 0 aromatic heterocycles. The standard InChI is InChI=1S/C18H20N2O2/c1-22-15-7-8-17-14(12-15)9-10-20(17)18(21)16(19)11-13-5-3-2-4-6-13/h2-8,12,16H,9-11,19H2,1H3/t16-/m0/s1. The monoisotopic (exact) mass is 296 g/mol. The zero-order valence-electron chi connectivity index (χ0n) is 12.7. The summed E-state index contributed by atoms with van der Waals surface area (Å²) in [6, 6.07) is 15.2. The molecule has 4 nitrogen and oxygen atoms in total. The van der Waals surface area contributed by atoms with E-state index in [2.05, 4.69) is 0 Å². The highest BCUT2D eigenvalue weighted by atomic mass is 16.5. The summed E-state index contributed by atoms with van der Waals surface area (Å²) in [5.74, 6) is 0.800. The number of hydrogen-bond acceptors (Lipinski definition) is 3. The summed E-state index contributed by atoms with van der Waals surface area (Å²) in [4.78, 5) is 14.4. The molecular weight excluding hydrogens is 276 g/mol. The number of amides is 1. The van der Waals surface area contributed by atoms with Crippen LogP contribution in [0.1, 0.15) is 11.1 Å². The lowest BCUT2D eigenvalue weighted by Gasteiger charge is -2.21. The molecule has 2 aromatic carbocycles. The minimum atomic E-state index is -0.518. The molecular formula is C18H20N2O2. The van der Waals surface area contributed by atoms with E-state index in [1.54, 1.807) is 12.0 Å². The van der Waals surface area contributed by atoms with Crippen LogP contribution in [0.5, 0.6) is 5.75 Å². The van der Waals surface area contributed by atoms with Gasteiger partial charge in [-0.3, -0.25) is 4.79 Å². The highest BCUT2D eigenvalue weighted by Crippen LogP contribution is 2.31. The van der Waals surface area contributed by atoms with Gasteiger partial charge in [-0.1, -0.05) is 30.3 Å². The van der Waals surface area contributed by atoms with E-state index in [1.807, 2.05) is 48.5 Å². The molecule has 3 rings (SSSR count). The van der Waals surface area contributed by atoms with E-state index >= 15 is 0 Å². The van der Waals surface area contributed by atoms with Crippen molar-refractivity contribution >= 4 is 11.6 Å². The van der Waals surface area contributed by atoms with Gasteiger partial charge >= 0.3 is 0 Å². The van der Waals surface area contributed by atoms with E-state index in [0.29, 0.717) is 13.0 Å². The van der Waals surface area contributed by atoms with Crippen molar-refractivity contribution in [3.8, 4) is 5.75 Å². The zero-order chi connectivity index (χ0) is 15.5. The van der Waals surface area contributed by atoms with Gasteiger partial charge in [0.1, 0.15) is 5.75 Å². The van der Waals surface area contributed by atoms with Crippen LogP contribution in [0.4, 0.5) is 5.69 Å². The van der Waals surface area contributed by atoms with Crippen molar-refractivity contribution < 1.29 is 9.53 Å². The van der Waals surface area contributed by atoms with Gasteiger partial charge in [-0.05, 0) is 42.2 Å². The lowest BCUT2D eigenvalue weighted by atomic mass is 10.1. The topological polar surface area (TPSA) is 55.6 Å². The summed E-state index contributed by atoms with van der Waals surface area (Å²) in [7, 11) is 1.65. The predicted molar refractivity (Wildman–Crippen MR) is 87.2 cm³/mol. The maximum absolute atomic E-state index is 12.6. The Hall–Kier alpha value is -2.33. The van der Waals surface area contributed by atoms with Crippen molar-refractivity contribution in [3.05, 3.63) is 59.7 Å². The van der Waals surface area contributed by atoms with E-state index in [9.17, 15) is 4.79 Å². The lowest BCUT2D eigenvalue weighted by Crippen LogP contribution is -2.44. The Morgan fingerprint density at radius 3 is 2.77 bits per heavy atom. The van der Waals surface area contributed by atoms with Crippen molar-refractivity contribution in [1.29, 1.82) is 0 Å². The van der Waals surface area contributed by atoms with E-state index in [1.165, 1.54) is 0 Å². The van der Waals surface area contributed by atoms with Crippen molar-refractivity contribution in [3.63, 3.8) is 0 Å². The molecule has 0 spiro atoms. The number of benzene rings is 2. The summed E-state index contributed by atoms with van der Waals surface area (Å²) in [5, 5.41) is 0. The molecule has 1 atom stereocenters. The molecule has 1 amide bonds. The van der Waals surface area contributed by atoms with Gasteiger partial charge in [-0.2, -0.15) is 0 Å². The highest BCUT2D eigenvalue weighted by Gasteiger charge is 2.28. The van der Waals surface area contributed by atoms with Gasteiger partial charge in [-0.25, -0.2) is 0 Å². The van der Waals surface area contributed by atoms with E-state index in [0.717, 1.165) is 29.0 Å². The molecule has 4 heteroatoms. The third-order valence-corrected chi connectivity index (χ3v) is 4.06. The first-order valence-corrected chi connectivity index (χ1v) is 7.47. The number of nitrogens with zero attached hydrogens (tertiary/aromatic N) is 1. The first kappa shape index (κ1) is 14.6. The van der Waals surface area contributed by atoms with Crippen LogP contribution in [-0.2, 0) is 17.6 Å². The van der Waals surface area contributed by atoms with Crippen LogP contribution < -0.4 is 15.4 Å². The Morgan fingerprint density at radius 1 is 1.27 bits per heavy atom. The van der Waals surface area contributed by atoms with Gasteiger partial charge in [-0.15, -0.1) is 0 Å². The van der Waals surface area contributed by atoms with Crippen LogP contribution in [-0.4, -0.2) is 25.6 Å². The second-order valence-electron chi connectivity index (χ2n) is 5.53. The number of anilines is 1. The fourth-order valence-electron chi connectivity index (χ4n) is 2.89. The number of nitrogens with two attached hydrogens (primary N) is 1. The molecule has 0 fully saturated rings. The summed E-state index contributed by atoms with van der Waals surface area (Å²) >= 11 is 0. The van der Waals surface area contributed by atoms with Gasteiger partial charge in [0.25, 0.3) is 0 Å². The molecule has 0 radical (unpaired) electrons. The van der Waals surface area contributed by atoms with Crippen molar-refractivity contribution in [2.75, 3.05) is 18.6 Å². The molecule has 1 aliphatic heterocycles. The minimum Gasteiger partial charge on any atom is -0.497 e. The Balaban J connectivity index is 1.74. The Morgan fingerprint density at radius 2 is 2.05 bits per heavy atom. The quantitative estimate of drug-likeness (QED) is 0.940. The Labute approximate surface area is 130 Å². The molecule has 1 heterocycles. The zero-order valence-corrected chi connectivity index (χ0v) is 12.7. The highest BCUT2D eigenvalue weighted by molar-refractivity contribution is 5.99. The molecule has 0 saturated carbocycles.